The van der Waals surface area contributed by atoms with Gasteiger partial charge in [-0.05, 0) is 17.7 Å². The van der Waals surface area contributed by atoms with E-state index in [-0.39, 0.29) is 32.0 Å². The smallest absolute Gasteiger partial charge is 0.272 e. The SMILES string of the molecule is FC1(F)CNCC(c2ccnc(CN3CC(F)(F)C3)c2)C1. The summed E-state index contributed by atoms with van der Waals surface area (Å²) in [6, 6.07) is 3.48. The zero-order valence-electron chi connectivity index (χ0n) is 11.5. The number of nitrogens with zero attached hydrogens (tertiary/aromatic N) is 2. The van der Waals surface area contributed by atoms with Crippen molar-refractivity contribution in [2.75, 3.05) is 26.2 Å². The lowest BCUT2D eigenvalue weighted by molar-refractivity contribution is -0.134. The molecule has 2 saturated heterocycles. The third-order valence-corrected chi connectivity index (χ3v) is 3.93. The first kappa shape index (κ1) is 14.7. The zero-order chi connectivity index (χ0) is 15.1. The van der Waals surface area contributed by atoms with Gasteiger partial charge in [-0.1, -0.05) is 0 Å². The van der Waals surface area contributed by atoms with E-state index in [9.17, 15) is 17.6 Å². The van der Waals surface area contributed by atoms with E-state index < -0.39 is 11.8 Å². The molecule has 0 saturated carbocycles. The molecule has 0 aromatic carbocycles. The van der Waals surface area contributed by atoms with Gasteiger partial charge in [-0.25, -0.2) is 17.6 Å². The Labute approximate surface area is 120 Å². The molecule has 2 aliphatic rings. The van der Waals surface area contributed by atoms with E-state index in [1.165, 1.54) is 0 Å². The van der Waals surface area contributed by atoms with Crippen molar-refractivity contribution in [2.24, 2.45) is 0 Å². The molecule has 0 spiro atoms. The maximum absolute atomic E-state index is 13.4. The summed E-state index contributed by atoms with van der Waals surface area (Å²) in [6.45, 7) is 0.0228. The Morgan fingerprint density at radius 1 is 1.24 bits per heavy atom. The summed E-state index contributed by atoms with van der Waals surface area (Å²) in [7, 11) is 0. The number of nitrogens with one attached hydrogen (secondary N) is 1. The molecule has 1 atom stereocenters. The molecule has 0 aliphatic carbocycles. The van der Waals surface area contributed by atoms with Crippen molar-refractivity contribution < 1.29 is 17.6 Å². The molecule has 0 radical (unpaired) electrons. The minimum Gasteiger partial charge on any atom is -0.311 e. The molecule has 2 aliphatic heterocycles. The maximum atomic E-state index is 13.4. The van der Waals surface area contributed by atoms with Crippen molar-refractivity contribution in [2.45, 2.75) is 30.7 Å². The topological polar surface area (TPSA) is 28.2 Å². The number of likely N-dealkylation sites (tertiary alicyclic amines) is 1. The van der Waals surface area contributed by atoms with Crippen molar-refractivity contribution in [1.29, 1.82) is 0 Å². The summed E-state index contributed by atoms with van der Waals surface area (Å²) < 4.78 is 52.4. The lowest BCUT2D eigenvalue weighted by Gasteiger charge is -2.38. The molecular weight excluding hydrogens is 286 g/mol. The van der Waals surface area contributed by atoms with Crippen LogP contribution < -0.4 is 5.32 Å². The fourth-order valence-corrected chi connectivity index (χ4v) is 2.96. The van der Waals surface area contributed by atoms with Crippen LogP contribution in [0.5, 0.6) is 0 Å². The molecule has 0 amide bonds. The van der Waals surface area contributed by atoms with Crippen LogP contribution in [-0.2, 0) is 6.54 Å². The number of aromatic nitrogens is 1. The summed E-state index contributed by atoms with van der Waals surface area (Å²) in [5.41, 5.74) is 1.44. The molecule has 1 N–H and O–H groups in total. The van der Waals surface area contributed by atoms with Crippen LogP contribution in [-0.4, -0.2) is 47.9 Å². The standard InChI is InChI=1S/C14H17F4N3/c15-13(16)4-11(5-19-7-13)10-1-2-20-12(3-10)6-21-8-14(17,18)9-21/h1-3,11,19H,4-9H2. The van der Waals surface area contributed by atoms with E-state index in [1.54, 1.807) is 23.2 Å². The Hall–Kier alpha value is -1.21. The largest absolute Gasteiger partial charge is 0.311 e. The van der Waals surface area contributed by atoms with Crippen molar-refractivity contribution in [1.82, 2.24) is 15.2 Å². The van der Waals surface area contributed by atoms with Gasteiger partial charge in [0.2, 0.25) is 0 Å². The van der Waals surface area contributed by atoms with Gasteiger partial charge in [0, 0.05) is 31.6 Å². The highest BCUT2D eigenvalue weighted by molar-refractivity contribution is 5.22. The zero-order valence-corrected chi connectivity index (χ0v) is 11.5. The van der Waals surface area contributed by atoms with E-state index in [1.807, 2.05) is 0 Å². The Balaban J connectivity index is 1.66. The molecule has 1 unspecified atom stereocenters. The summed E-state index contributed by atoms with van der Waals surface area (Å²) >= 11 is 0. The molecule has 3 rings (SSSR count). The minimum absolute atomic E-state index is 0.189. The van der Waals surface area contributed by atoms with Crippen LogP contribution in [0.3, 0.4) is 0 Å². The minimum atomic E-state index is -2.70. The number of hydrogen-bond donors (Lipinski definition) is 1. The van der Waals surface area contributed by atoms with Crippen molar-refractivity contribution >= 4 is 0 Å². The monoisotopic (exact) mass is 303 g/mol. The molecule has 21 heavy (non-hydrogen) atoms. The highest BCUT2D eigenvalue weighted by atomic mass is 19.3. The highest BCUT2D eigenvalue weighted by Gasteiger charge is 2.43. The third-order valence-electron chi connectivity index (χ3n) is 3.93. The van der Waals surface area contributed by atoms with Crippen molar-refractivity contribution in [3.8, 4) is 0 Å². The fraction of sp³-hybridized carbons (Fsp3) is 0.643. The van der Waals surface area contributed by atoms with E-state index in [4.69, 9.17) is 0 Å². The van der Waals surface area contributed by atoms with Crippen molar-refractivity contribution in [3.63, 3.8) is 0 Å². The molecule has 2 fully saturated rings. The number of piperidine rings is 1. The Bertz CT molecular complexity index is 513. The van der Waals surface area contributed by atoms with Crippen molar-refractivity contribution in [3.05, 3.63) is 29.6 Å². The predicted molar refractivity (Wildman–Crippen MR) is 69.6 cm³/mol. The van der Waals surface area contributed by atoms with Crippen LogP contribution in [0.1, 0.15) is 23.6 Å². The molecule has 0 bridgehead atoms. The Morgan fingerprint density at radius 2 is 2.00 bits per heavy atom. The summed E-state index contributed by atoms with van der Waals surface area (Å²) in [6.07, 6.45) is 1.38. The molecule has 3 nitrogen and oxygen atoms in total. The predicted octanol–water partition coefficient (Wildman–Crippen LogP) is 2.24. The van der Waals surface area contributed by atoms with Crippen LogP contribution in [0.15, 0.2) is 18.3 Å². The quantitative estimate of drug-likeness (QED) is 0.868. The summed E-state index contributed by atoms with van der Waals surface area (Å²) in [5, 5.41) is 2.74. The number of alkyl halides is 4. The van der Waals surface area contributed by atoms with Gasteiger partial charge < -0.3 is 5.32 Å². The van der Waals surface area contributed by atoms with Crippen LogP contribution >= 0.6 is 0 Å². The van der Waals surface area contributed by atoms with E-state index in [2.05, 4.69) is 10.3 Å². The second-order valence-electron chi connectivity index (χ2n) is 5.97. The number of pyridine rings is 1. The van der Waals surface area contributed by atoms with Crippen LogP contribution in [0.2, 0.25) is 0 Å². The number of rotatable bonds is 3. The first-order chi connectivity index (χ1) is 9.83. The van der Waals surface area contributed by atoms with Crippen LogP contribution in [0, 0.1) is 0 Å². The van der Waals surface area contributed by atoms with E-state index >= 15 is 0 Å². The van der Waals surface area contributed by atoms with Gasteiger partial charge >= 0.3 is 0 Å². The maximum Gasteiger partial charge on any atom is 0.272 e. The van der Waals surface area contributed by atoms with Gasteiger partial charge in [0.15, 0.2) is 0 Å². The summed E-state index contributed by atoms with van der Waals surface area (Å²) in [4.78, 5) is 5.74. The fourth-order valence-electron chi connectivity index (χ4n) is 2.96. The molecule has 3 heterocycles. The van der Waals surface area contributed by atoms with Crippen LogP contribution in [0.4, 0.5) is 17.6 Å². The van der Waals surface area contributed by atoms with E-state index in [0.717, 1.165) is 5.56 Å². The lowest BCUT2D eigenvalue weighted by atomic mass is 9.90. The highest BCUT2D eigenvalue weighted by Crippen LogP contribution is 2.33. The first-order valence-electron chi connectivity index (χ1n) is 6.97. The number of hydrogen-bond acceptors (Lipinski definition) is 3. The molecule has 7 heteroatoms. The van der Waals surface area contributed by atoms with Gasteiger partial charge in [-0.15, -0.1) is 0 Å². The lowest BCUT2D eigenvalue weighted by Crippen LogP contribution is -2.55. The average Bonchev–Trinajstić information content (AvgIpc) is 2.36. The third kappa shape index (κ3) is 3.52. The van der Waals surface area contributed by atoms with Crippen LogP contribution in [0.25, 0.3) is 0 Å². The molecule has 1 aromatic rings. The molecule has 116 valence electrons. The average molecular weight is 303 g/mol. The molecular formula is C14H17F4N3. The number of halogens is 4. The van der Waals surface area contributed by atoms with Gasteiger partial charge in [-0.2, -0.15) is 0 Å². The second-order valence-corrected chi connectivity index (χ2v) is 5.97. The normalized spacial score (nSPS) is 28.1. The second kappa shape index (κ2) is 5.21. The van der Waals surface area contributed by atoms with E-state index in [0.29, 0.717) is 18.8 Å². The van der Waals surface area contributed by atoms with Gasteiger partial charge in [0.05, 0.1) is 25.3 Å². The molecule has 1 aromatic heterocycles. The first-order valence-corrected chi connectivity index (χ1v) is 6.97. The van der Waals surface area contributed by atoms with Gasteiger partial charge in [-0.3, -0.25) is 9.88 Å². The summed E-state index contributed by atoms with van der Waals surface area (Å²) in [5.74, 6) is -5.58. The Kier molecular flexibility index (Phi) is 3.65. The Morgan fingerprint density at radius 3 is 2.67 bits per heavy atom. The van der Waals surface area contributed by atoms with Gasteiger partial charge in [0.1, 0.15) is 0 Å². The van der Waals surface area contributed by atoms with Gasteiger partial charge in [0.25, 0.3) is 11.8 Å².